The van der Waals surface area contributed by atoms with E-state index in [0.29, 0.717) is 35.5 Å². The Morgan fingerprint density at radius 2 is 0.735 bits per heavy atom. The van der Waals surface area contributed by atoms with Crippen LogP contribution in [0.4, 0.5) is 0 Å². The molecule has 367 valence electrons. The molecule has 0 spiro atoms. The van der Waals surface area contributed by atoms with E-state index in [9.17, 15) is 0 Å². The zero-order valence-electron chi connectivity index (χ0n) is 39.0. The summed E-state index contributed by atoms with van der Waals surface area (Å²) >= 11 is 0. The van der Waals surface area contributed by atoms with Gasteiger partial charge < -0.3 is 7.43 Å². The summed E-state index contributed by atoms with van der Waals surface area (Å²) in [6.45, 7) is 17.2. The molecule has 0 nitrogen and oxygen atoms in total. The van der Waals surface area contributed by atoms with E-state index in [2.05, 4.69) is 224 Å². The molecule has 1 aliphatic rings. The van der Waals surface area contributed by atoms with Crippen molar-refractivity contribution in [1.82, 2.24) is 0 Å². The summed E-state index contributed by atoms with van der Waals surface area (Å²) < 4.78 is 0. The van der Waals surface area contributed by atoms with Gasteiger partial charge in [0, 0.05) is 32.7 Å². The molecule has 6 unspecified atom stereocenters. The van der Waals surface area contributed by atoms with Gasteiger partial charge >= 0.3 is 0 Å². The van der Waals surface area contributed by atoms with Crippen molar-refractivity contribution in [3.05, 3.63) is 222 Å². The predicted molar refractivity (Wildman–Crippen MR) is 311 cm³/mol. The van der Waals surface area contributed by atoms with Crippen molar-refractivity contribution in [1.29, 1.82) is 0 Å². The third-order valence-corrected chi connectivity index (χ3v) is 20.1. The first kappa shape index (κ1) is 66.2. The Bertz CT molecular complexity index is 2200. The summed E-state index contributed by atoms with van der Waals surface area (Å²) in [6.07, 6.45) is 4.73. The van der Waals surface area contributed by atoms with Gasteiger partial charge in [0.1, 0.15) is 8.07 Å². The van der Waals surface area contributed by atoms with Crippen LogP contribution >= 0.6 is 0 Å². The van der Waals surface area contributed by atoms with Gasteiger partial charge in [0.2, 0.25) is 0 Å². The Balaban J connectivity index is 0. The van der Waals surface area contributed by atoms with Gasteiger partial charge in [-0.05, 0) is 121 Å². The van der Waals surface area contributed by atoms with Crippen LogP contribution in [0.15, 0.2) is 176 Å². The molecular formula is C66H95SiY-. The number of rotatable bonds is 18. The standard InChI is InChI=1S/C59H68Si.6CH4.CH3.Y/c1-8-43(3)41-60(42-44(4)35-40-55(47(7)46(6)49-25-15-10-16-26-49)50-38-36-48(37-39-50)45(5)9-2)58(53-31-21-13-22-32-53)56(51-27-17-11-18-28-51)57(52-29-19-12-20-30-52)59(60)54-33-23-14-24-34-54;;;;;;;;/h10-34,36-39,43-47,55H,8-9,35,40-42H2,1-7H3;6*1H4;1H3;/q;;;;;;;-1;. The Labute approximate surface area is 447 Å². The number of benzene rings is 6. The first-order chi connectivity index (χ1) is 29.3. The van der Waals surface area contributed by atoms with Crippen molar-refractivity contribution >= 4 is 29.6 Å². The average molecular weight is 1010 g/mol. The fourth-order valence-corrected chi connectivity index (χ4v) is 17.6. The molecule has 0 saturated heterocycles. The van der Waals surface area contributed by atoms with E-state index in [-0.39, 0.29) is 84.7 Å². The smallest absolute Gasteiger partial charge is 0.121 e. The Hall–Kier alpha value is -3.88. The molecule has 6 aromatic carbocycles. The molecule has 1 aliphatic heterocycles. The Morgan fingerprint density at radius 1 is 0.382 bits per heavy atom. The second-order valence-corrected chi connectivity index (χ2v) is 22.3. The fraction of sp³-hybridized carbons (Fsp3) is 0.379. The summed E-state index contributed by atoms with van der Waals surface area (Å²) in [6, 6.07) is 69.4. The van der Waals surface area contributed by atoms with E-state index in [4.69, 9.17) is 0 Å². The summed E-state index contributed by atoms with van der Waals surface area (Å²) in [4.78, 5) is 0. The van der Waals surface area contributed by atoms with E-state index in [0.717, 1.165) is 0 Å². The van der Waals surface area contributed by atoms with Crippen LogP contribution in [0.5, 0.6) is 0 Å². The van der Waals surface area contributed by atoms with Gasteiger partial charge in [0.05, 0.1) is 0 Å². The van der Waals surface area contributed by atoms with Crippen molar-refractivity contribution in [3.8, 4) is 0 Å². The molecule has 0 aliphatic carbocycles. The van der Waals surface area contributed by atoms with Crippen LogP contribution in [-0.2, 0) is 32.7 Å². The van der Waals surface area contributed by atoms with Gasteiger partial charge in [0.15, 0.2) is 0 Å². The zero-order valence-corrected chi connectivity index (χ0v) is 42.9. The molecule has 68 heavy (non-hydrogen) atoms. The van der Waals surface area contributed by atoms with Gasteiger partial charge in [-0.2, -0.15) is 0 Å². The third-order valence-electron chi connectivity index (χ3n) is 14.3. The van der Waals surface area contributed by atoms with Crippen molar-refractivity contribution in [2.24, 2.45) is 17.8 Å². The van der Waals surface area contributed by atoms with E-state index >= 15 is 0 Å². The van der Waals surface area contributed by atoms with Crippen molar-refractivity contribution < 1.29 is 32.7 Å². The largest absolute Gasteiger partial charge is 0.358 e. The van der Waals surface area contributed by atoms with Crippen LogP contribution in [0.1, 0.15) is 175 Å². The first-order valence-corrected chi connectivity index (χ1v) is 25.5. The van der Waals surface area contributed by atoms with Crippen molar-refractivity contribution in [2.75, 3.05) is 0 Å². The number of hydrogen-bond donors (Lipinski definition) is 0. The summed E-state index contributed by atoms with van der Waals surface area (Å²) in [5.41, 5.74) is 12.8. The van der Waals surface area contributed by atoms with Crippen molar-refractivity contribution in [2.45, 2.75) is 149 Å². The molecule has 6 atom stereocenters. The fourth-order valence-electron chi connectivity index (χ4n) is 10.5. The average Bonchev–Trinajstić information content (AvgIpc) is 3.59. The van der Waals surface area contributed by atoms with Crippen molar-refractivity contribution in [3.63, 3.8) is 0 Å². The molecule has 0 N–H and O–H groups in total. The Morgan fingerprint density at radius 3 is 1.12 bits per heavy atom. The third kappa shape index (κ3) is 14.8. The van der Waals surface area contributed by atoms with Gasteiger partial charge in [-0.25, -0.2) is 0 Å². The molecule has 0 saturated carbocycles. The van der Waals surface area contributed by atoms with Crippen LogP contribution in [0.25, 0.3) is 21.5 Å². The van der Waals surface area contributed by atoms with Crippen LogP contribution < -0.4 is 0 Å². The molecule has 0 amide bonds. The van der Waals surface area contributed by atoms with Gasteiger partial charge in [-0.1, -0.05) is 282 Å². The van der Waals surface area contributed by atoms with Crippen LogP contribution in [-0.4, -0.2) is 8.07 Å². The normalized spacial score (nSPS) is 14.9. The maximum absolute atomic E-state index is 2.60. The topological polar surface area (TPSA) is 0 Å². The van der Waals surface area contributed by atoms with E-state index in [1.165, 1.54) is 87.9 Å². The van der Waals surface area contributed by atoms with Crippen LogP contribution in [0.3, 0.4) is 0 Å². The van der Waals surface area contributed by atoms with E-state index in [1.54, 1.807) is 10.4 Å². The minimum atomic E-state index is -2.53. The molecule has 0 bridgehead atoms. The predicted octanol–water partition coefficient (Wildman–Crippen LogP) is 21.2. The van der Waals surface area contributed by atoms with E-state index in [1.807, 2.05) is 0 Å². The molecule has 1 radical (unpaired) electrons. The summed E-state index contributed by atoms with van der Waals surface area (Å²) in [5, 5.41) is 3.28. The second-order valence-electron chi connectivity index (χ2n) is 18.3. The zero-order chi connectivity index (χ0) is 42.1. The monoisotopic (exact) mass is 1000 g/mol. The van der Waals surface area contributed by atoms with Gasteiger partial charge in [-0.15, -0.1) is 0 Å². The van der Waals surface area contributed by atoms with Crippen LogP contribution in [0.2, 0.25) is 12.1 Å². The van der Waals surface area contributed by atoms with Gasteiger partial charge in [0.25, 0.3) is 0 Å². The second kappa shape index (κ2) is 31.4. The van der Waals surface area contributed by atoms with E-state index < -0.39 is 8.07 Å². The van der Waals surface area contributed by atoms with Crippen LogP contribution in [0, 0.1) is 25.2 Å². The maximum Gasteiger partial charge on any atom is 0.121 e. The summed E-state index contributed by atoms with van der Waals surface area (Å²) in [7, 11) is -2.53. The minimum absolute atomic E-state index is 0. The minimum Gasteiger partial charge on any atom is -0.358 e. The first-order valence-electron chi connectivity index (χ1n) is 23.1. The molecule has 7 rings (SSSR count). The Kier molecular flexibility index (Phi) is 30.5. The number of allylic oxidation sites excluding steroid dienone is 2. The summed E-state index contributed by atoms with van der Waals surface area (Å²) in [5.74, 6) is 3.14. The number of hydrogen-bond acceptors (Lipinski definition) is 0. The molecule has 6 aromatic rings. The molecule has 0 aromatic heterocycles. The maximum atomic E-state index is 2.60. The van der Waals surface area contributed by atoms with Gasteiger partial charge in [-0.3, -0.25) is 0 Å². The quantitative estimate of drug-likeness (QED) is 0.0595. The molecule has 2 heteroatoms. The molecular weight excluding hydrogens is 910 g/mol. The SMILES string of the molecule is C.C.C.C.C.C.CCC(C)C[Si]1(CC(C)CCC(c2ccc(C(C)CC)cc2)C(C)C(C)c2ccccc2)C(c2ccccc2)=C(c2ccccc2)C(c2ccccc2)=C1c1ccccc1.[CH3-].[Y]. The molecule has 0 fully saturated rings. The molecule has 1 heterocycles.